The number of carbonyl (C=O) groups is 2. The van der Waals surface area contributed by atoms with Crippen LogP contribution in [0.3, 0.4) is 0 Å². The van der Waals surface area contributed by atoms with Crippen LogP contribution in [0.15, 0.2) is 42.5 Å². The van der Waals surface area contributed by atoms with Crippen LogP contribution in [0.2, 0.25) is 0 Å². The fourth-order valence-corrected chi connectivity index (χ4v) is 2.29. The molecule has 0 aliphatic rings. The second-order valence-electron chi connectivity index (χ2n) is 6.74. The Morgan fingerprint density at radius 2 is 1.62 bits per heavy atom. The highest BCUT2D eigenvalue weighted by molar-refractivity contribution is 6.03. The first kappa shape index (κ1) is 19.4. The molecule has 0 saturated carbocycles. The van der Waals surface area contributed by atoms with Gasteiger partial charge in [-0.15, -0.1) is 0 Å². The molecule has 0 fully saturated rings. The van der Waals surface area contributed by atoms with Crippen LogP contribution >= 0.6 is 0 Å². The van der Waals surface area contributed by atoms with Gasteiger partial charge in [0.25, 0.3) is 11.8 Å². The molecular weight excluding hydrogens is 328 g/mol. The number of pyridine rings is 1. The van der Waals surface area contributed by atoms with Gasteiger partial charge < -0.3 is 15.5 Å². The van der Waals surface area contributed by atoms with E-state index >= 15 is 0 Å². The smallest absolute Gasteiger partial charge is 0.274 e. The molecule has 6 heteroatoms. The van der Waals surface area contributed by atoms with Crippen LogP contribution in [0.25, 0.3) is 0 Å². The summed E-state index contributed by atoms with van der Waals surface area (Å²) in [6.07, 6.45) is 0.898. The third kappa shape index (κ3) is 5.58. The first-order chi connectivity index (χ1) is 12.4. The van der Waals surface area contributed by atoms with E-state index in [-0.39, 0.29) is 23.2 Å². The first-order valence-corrected chi connectivity index (χ1v) is 8.71. The molecule has 2 rings (SSSR count). The summed E-state index contributed by atoms with van der Waals surface area (Å²) in [5.74, 6) is -0.102. The van der Waals surface area contributed by atoms with Crippen molar-refractivity contribution in [3.63, 3.8) is 0 Å². The van der Waals surface area contributed by atoms with E-state index in [4.69, 9.17) is 0 Å². The lowest BCUT2D eigenvalue weighted by Crippen LogP contribution is -2.27. The molecule has 1 aromatic carbocycles. The van der Waals surface area contributed by atoms with Crippen LogP contribution < -0.4 is 15.5 Å². The first-order valence-electron chi connectivity index (χ1n) is 8.71. The number of rotatable bonds is 7. The molecule has 6 nitrogen and oxygen atoms in total. The molecule has 0 spiro atoms. The van der Waals surface area contributed by atoms with Gasteiger partial charge in [0.1, 0.15) is 11.4 Å². The van der Waals surface area contributed by atoms with E-state index < -0.39 is 0 Å². The Bertz CT molecular complexity index is 755. The Labute approximate surface area is 154 Å². The van der Waals surface area contributed by atoms with Crippen molar-refractivity contribution in [3.05, 3.63) is 53.9 Å². The largest absolute Gasteiger partial charge is 0.378 e. The summed E-state index contributed by atoms with van der Waals surface area (Å²) >= 11 is 0. The van der Waals surface area contributed by atoms with Gasteiger partial charge in [0.05, 0.1) is 0 Å². The van der Waals surface area contributed by atoms with E-state index in [1.165, 1.54) is 0 Å². The van der Waals surface area contributed by atoms with E-state index in [0.29, 0.717) is 18.2 Å². The quantitative estimate of drug-likeness (QED) is 0.801. The molecule has 0 bridgehead atoms. The molecule has 1 heterocycles. The molecule has 1 aromatic heterocycles. The molecule has 2 amide bonds. The highest BCUT2D eigenvalue weighted by Gasteiger charge is 2.12. The number of anilines is 2. The average Bonchev–Trinajstić information content (AvgIpc) is 2.62. The van der Waals surface area contributed by atoms with Gasteiger partial charge in [0.15, 0.2) is 0 Å². The molecule has 0 unspecified atom stereocenters. The zero-order chi connectivity index (χ0) is 19.1. The summed E-state index contributed by atoms with van der Waals surface area (Å²) in [6, 6.07) is 12.4. The number of hydrogen-bond acceptors (Lipinski definition) is 4. The van der Waals surface area contributed by atoms with Gasteiger partial charge in [-0.1, -0.05) is 19.9 Å². The normalized spacial score (nSPS) is 10.5. The van der Waals surface area contributed by atoms with Gasteiger partial charge in [-0.3, -0.25) is 9.59 Å². The Hall–Kier alpha value is -2.89. The minimum Gasteiger partial charge on any atom is -0.378 e. The number of aromatic nitrogens is 1. The number of benzene rings is 1. The molecule has 2 aromatic rings. The molecule has 138 valence electrons. The van der Waals surface area contributed by atoms with Crippen molar-refractivity contribution in [2.45, 2.75) is 20.3 Å². The van der Waals surface area contributed by atoms with E-state index in [9.17, 15) is 9.59 Å². The molecule has 0 radical (unpaired) electrons. The molecule has 0 atom stereocenters. The lowest BCUT2D eigenvalue weighted by molar-refractivity contribution is 0.0947. The summed E-state index contributed by atoms with van der Waals surface area (Å²) in [5.41, 5.74) is 2.16. The number of hydrogen-bond donors (Lipinski definition) is 2. The minimum atomic E-state index is -0.348. The third-order valence-electron chi connectivity index (χ3n) is 3.86. The van der Waals surface area contributed by atoms with E-state index in [1.807, 2.05) is 43.3 Å². The van der Waals surface area contributed by atoms with E-state index in [0.717, 1.165) is 12.1 Å². The highest BCUT2D eigenvalue weighted by Crippen LogP contribution is 2.16. The summed E-state index contributed by atoms with van der Waals surface area (Å²) in [4.78, 5) is 30.7. The predicted molar refractivity (Wildman–Crippen MR) is 105 cm³/mol. The number of carbonyl (C=O) groups excluding carboxylic acids is 2. The van der Waals surface area contributed by atoms with Gasteiger partial charge in [-0.25, -0.2) is 4.98 Å². The van der Waals surface area contributed by atoms with Gasteiger partial charge in [-0.05, 0) is 48.7 Å². The van der Waals surface area contributed by atoms with Crippen molar-refractivity contribution < 1.29 is 9.59 Å². The van der Waals surface area contributed by atoms with Crippen LogP contribution in [0.4, 0.5) is 11.4 Å². The van der Waals surface area contributed by atoms with Gasteiger partial charge >= 0.3 is 0 Å². The maximum Gasteiger partial charge on any atom is 0.274 e. The number of nitrogens with one attached hydrogen (secondary N) is 2. The summed E-state index contributed by atoms with van der Waals surface area (Å²) in [7, 11) is 3.91. The van der Waals surface area contributed by atoms with Crippen LogP contribution in [0, 0.1) is 5.92 Å². The van der Waals surface area contributed by atoms with Crippen molar-refractivity contribution in [1.29, 1.82) is 0 Å². The maximum atomic E-state index is 12.4. The topological polar surface area (TPSA) is 74.3 Å². The van der Waals surface area contributed by atoms with Crippen LogP contribution in [-0.2, 0) is 0 Å². The molecular formula is C20H26N4O2. The molecule has 0 aliphatic carbocycles. The van der Waals surface area contributed by atoms with Crippen molar-refractivity contribution in [3.8, 4) is 0 Å². The fourth-order valence-electron chi connectivity index (χ4n) is 2.29. The lowest BCUT2D eigenvalue weighted by Gasteiger charge is -2.13. The summed E-state index contributed by atoms with van der Waals surface area (Å²) < 4.78 is 0. The van der Waals surface area contributed by atoms with Gasteiger partial charge in [0.2, 0.25) is 0 Å². The second kappa shape index (κ2) is 8.99. The zero-order valence-corrected chi connectivity index (χ0v) is 15.7. The monoisotopic (exact) mass is 354 g/mol. The lowest BCUT2D eigenvalue weighted by atomic mass is 10.1. The van der Waals surface area contributed by atoms with Crippen LogP contribution in [0.1, 0.15) is 41.2 Å². The van der Waals surface area contributed by atoms with Gasteiger partial charge in [-0.2, -0.15) is 0 Å². The van der Waals surface area contributed by atoms with E-state index in [2.05, 4.69) is 29.5 Å². The van der Waals surface area contributed by atoms with Gasteiger partial charge in [0, 0.05) is 32.0 Å². The predicted octanol–water partition coefficient (Wildman–Crippen LogP) is 3.18. The third-order valence-corrected chi connectivity index (χ3v) is 3.86. The molecule has 0 aliphatic heterocycles. The number of amides is 2. The average molecular weight is 354 g/mol. The summed E-state index contributed by atoms with van der Waals surface area (Å²) in [5, 5.41) is 5.62. The van der Waals surface area contributed by atoms with Crippen molar-refractivity contribution in [2.75, 3.05) is 30.9 Å². The van der Waals surface area contributed by atoms with E-state index in [1.54, 1.807) is 18.2 Å². The Morgan fingerprint density at radius 1 is 1.00 bits per heavy atom. The zero-order valence-electron chi connectivity index (χ0n) is 15.7. The van der Waals surface area contributed by atoms with Crippen LogP contribution in [-0.4, -0.2) is 37.4 Å². The second-order valence-corrected chi connectivity index (χ2v) is 6.74. The molecule has 2 N–H and O–H groups in total. The molecule has 0 saturated heterocycles. The van der Waals surface area contributed by atoms with Crippen molar-refractivity contribution in [2.24, 2.45) is 5.92 Å². The maximum absolute atomic E-state index is 12.4. The van der Waals surface area contributed by atoms with Crippen molar-refractivity contribution in [1.82, 2.24) is 10.3 Å². The number of nitrogens with zero attached hydrogens (tertiary/aromatic N) is 2. The fraction of sp³-hybridized carbons (Fsp3) is 0.350. The summed E-state index contributed by atoms with van der Waals surface area (Å²) in [6.45, 7) is 4.79. The van der Waals surface area contributed by atoms with Crippen LogP contribution in [0.5, 0.6) is 0 Å². The Kier molecular flexibility index (Phi) is 6.72. The highest BCUT2D eigenvalue weighted by atomic mass is 16.2. The SMILES string of the molecule is CC(C)CCNC(=O)c1cccc(C(=O)Nc2ccc(N(C)C)cc2)n1. The standard InChI is InChI=1S/C20H26N4O2/c1-14(2)12-13-21-19(25)17-6-5-7-18(23-17)20(26)22-15-8-10-16(11-9-15)24(3)4/h5-11,14H,12-13H2,1-4H3,(H,21,25)(H,22,26). The minimum absolute atomic E-state index is 0.207. The molecule has 26 heavy (non-hydrogen) atoms. The Morgan fingerprint density at radius 3 is 2.19 bits per heavy atom. The Balaban J connectivity index is 2.01. The van der Waals surface area contributed by atoms with Crippen molar-refractivity contribution >= 4 is 23.2 Å².